The second-order valence-electron chi connectivity index (χ2n) is 11.3. The van der Waals surface area contributed by atoms with Gasteiger partial charge in [0.25, 0.3) is 0 Å². The molecule has 4 heterocycles. The Hall–Kier alpha value is -2.71. The highest BCUT2D eigenvalue weighted by atomic mass is 35.5. The summed E-state index contributed by atoms with van der Waals surface area (Å²) in [4.78, 5) is 2.43. The number of halogens is 1. The second-order valence-corrected chi connectivity index (χ2v) is 13.7. The molecule has 1 aromatic heterocycles. The van der Waals surface area contributed by atoms with Crippen molar-refractivity contribution in [1.29, 1.82) is 0 Å². The number of aromatic nitrogens is 2. The molecule has 222 valence electrons. The first-order valence-corrected chi connectivity index (χ1v) is 17.1. The van der Waals surface area contributed by atoms with Crippen LogP contribution >= 0.6 is 11.6 Å². The van der Waals surface area contributed by atoms with Crippen LogP contribution in [0.4, 0.5) is 0 Å². The Bertz CT molecular complexity index is 1620. The molecule has 8 nitrogen and oxygen atoms in total. The molecule has 10 heteroatoms. The van der Waals surface area contributed by atoms with Gasteiger partial charge in [-0.15, -0.1) is 0 Å². The summed E-state index contributed by atoms with van der Waals surface area (Å²) in [5.41, 5.74) is 8.25. The largest absolute Gasteiger partial charge is 0.379 e. The SMILES string of the molecule is CS(=O)(=O)N1CCc2c(c(-c3ccc(Cl)c(C#Cc4ccc5c(c4)CCNCC5)c3)nn2CCCN2CCOCC2)C1. The standard InChI is InChI=1S/C32H38ClN5O3S/c1-42(39,40)37-16-11-31-29(23-37)32(35-38(31)15-2-14-36-17-19-41-20-18-36)28-7-8-30(33)27(22-28)6-4-24-3-5-25-9-12-34-13-10-26(25)21-24/h3,5,7-8,21-22,34H,2,9-20,23H2,1H3. The lowest BCUT2D eigenvalue weighted by atomic mass is 9.99. The van der Waals surface area contributed by atoms with Gasteiger partial charge in [0, 0.05) is 73.6 Å². The number of hydrogen-bond acceptors (Lipinski definition) is 6. The smallest absolute Gasteiger partial charge is 0.211 e. The number of ether oxygens (including phenoxy) is 1. The summed E-state index contributed by atoms with van der Waals surface area (Å²) >= 11 is 6.62. The van der Waals surface area contributed by atoms with Crippen molar-refractivity contribution in [1.82, 2.24) is 24.3 Å². The summed E-state index contributed by atoms with van der Waals surface area (Å²) in [7, 11) is -3.32. The third-order valence-corrected chi connectivity index (χ3v) is 10.0. The van der Waals surface area contributed by atoms with Gasteiger partial charge in [-0.05, 0) is 67.7 Å². The van der Waals surface area contributed by atoms with Crippen molar-refractivity contribution in [3.05, 3.63) is 74.9 Å². The minimum Gasteiger partial charge on any atom is -0.379 e. The average molecular weight is 608 g/mol. The molecule has 0 amide bonds. The Morgan fingerprint density at radius 2 is 1.79 bits per heavy atom. The van der Waals surface area contributed by atoms with Crippen LogP contribution in [0.15, 0.2) is 36.4 Å². The van der Waals surface area contributed by atoms with Crippen molar-refractivity contribution in [2.75, 3.05) is 58.7 Å². The number of nitrogens with zero attached hydrogens (tertiary/aromatic N) is 4. The molecule has 0 bridgehead atoms. The minimum atomic E-state index is -3.32. The Morgan fingerprint density at radius 1 is 0.976 bits per heavy atom. The number of sulfonamides is 1. The monoisotopic (exact) mass is 607 g/mol. The van der Waals surface area contributed by atoms with E-state index in [0.29, 0.717) is 24.5 Å². The van der Waals surface area contributed by atoms with E-state index in [1.807, 2.05) is 18.2 Å². The number of fused-ring (bicyclic) bond motifs is 2. The number of benzene rings is 2. The number of hydrogen-bond donors (Lipinski definition) is 1. The molecule has 6 rings (SSSR count). The van der Waals surface area contributed by atoms with E-state index >= 15 is 0 Å². The van der Waals surface area contributed by atoms with Crippen molar-refractivity contribution >= 4 is 21.6 Å². The fraction of sp³-hybridized carbons (Fsp3) is 0.469. The van der Waals surface area contributed by atoms with Gasteiger partial charge >= 0.3 is 0 Å². The molecule has 0 radical (unpaired) electrons. The van der Waals surface area contributed by atoms with Crippen LogP contribution in [0.2, 0.25) is 5.02 Å². The van der Waals surface area contributed by atoms with E-state index < -0.39 is 10.0 Å². The van der Waals surface area contributed by atoms with Gasteiger partial charge in [-0.2, -0.15) is 9.40 Å². The van der Waals surface area contributed by atoms with E-state index in [9.17, 15) is 8.42 Å². The van der Waals surface area contributed by atoms with E-state index in [1.165, 1.54) is 17.4 Å². The lowest BCUT2D eigenvalue weighted by Crippen LogP contribution is -2.37. The summed E-state index contributed by atoms with van der Waals surface area (Å²) in [5, 5.41) is 9.10. The van der Waals surface area contributed by atoms with Crippen LogP contribution in [0.1, 0.15) is 39.9 Å². The number of nitrogens with one attached hydrogen (secondary N) is 1. The van der Waals surface area contributed by atoms with E-state index in [4.69, 9.17) is 21.4 Å². The minimum absolute atomic E-state index is 0.320. The van der Waals surface area contributed by atoms with Gasteiger partial charge in [-0.3, -0.25) is 9.58 Å². The van der Waals surface area contributed by atoms with Crippen LogP contribution in [0.5, 0.6) is 0 Å². The van der Waals surface area contributed by atoms with Gasteiger partial charge in [-0.1, -0.05) is 35.6 Å². The highest BCUT2D eigenvalue weighted by Crippen LogP contribution is 2.33. The Balaban J connectivity index is 1.29. The fourth-order valence-electron chi connectivity index (χ4n) is 6.09. The maximum Gasteiger partial charge on any atom is 0.211 e. The van der Waals surface area contributed by atoms with E-state index in [2.05, 4.69) is 44.9 Å². The lowest BCUT2D eigenvalue weighted by molar-refractivity contribution is 0.0368. The molecule has 1 fully saturated rings. The van der Waals surface area contributed by atoms with Gasteiger partial charge in [0.05, 0.1) is 30.2 Å². The third kappa shape index (κ3) is 6.75. The molecular weight excluding hydrogens is 570 g/mol. The quantitative estimate of drug-likeness (QED) is 0.433. The summed E-state index contributed by atoms with van der Waals surface area (Å²) in [6, 6.07) is 12.3. The first-order chi connectivity index (χ1) is 20.3. The molecular formula is C32H38ClN5O3S. The second kappa shape index (κ2) is 12.9. The fourth-order valence-corrected chi connectivity index (χ4v) is 7.05. The van der Waals surface area contributed by atoms with Gasteiger partial charge in [0.1, 0.15) is 0 Å². The summed E-state index contributed by atoms with van der Waals surface area (Å²) < 4.78 is 34.1. The van der Waals surface area contributed by atoms with Crippen LogP contribution in [0.3, 0.4) is 0 Å². The van der Waals surface area contributed by atoms with Crippen molar-refractivity contribution in [3.8, 4) is 23.1 Å². The molecule has 0 atom stereocenters. The number of morpholine rings is 1. The van der Waals surface area contributed by atoms with Crippen molar-refractivity contribution in [2.45, 2.75) is 38.8 Å². The Kier molecular flexibility index (Phi) is 9.01. The maximum atomic E-state index is 12.5. The molecule has 3 aliphatic rings. The van der Waals surface area contributed by atoms with Crippen LogP contribution in [0.25, 0.3) is 11.3 Å². The zero-order chi connectivity index (χ0) is 29.1. The predicted octanol–water partition coefficient (Wildman–Crippen LogP) is 3.33. The highest BCUT2D eigenvalue weighted by Gasteiger charge is 2.30. The number of rotatable bonds is 6. The van der Waals surface area contributed by atoms with Gasteiger partial charge in [0.15, 0.2) is 0 Å². The van der Waals surface area contributed by atoms with Crippen LogP contribution in [-0.4, -0.2) is 86.1 Å². The lowest BCUT2D eigenvalue weighted by Gasteiger charge is -2.27. The number of aryl methyl sites for hydroxylation is 1. The van der Waals surface area contributed by atoms with E-state index in [0.717, 1.165) is 105 Å². The topological polar surface area (TPSA) is 79.7 Å². The summed E-state index contributed by atoms with van der Waals surface area (Å²) in [6.45, 7) is 8.05. The summed E-state index contributed by atoms with van der Waals surface area (Å²) in [6.07, 6.45) is 4.93. The van der Waals surface area contributed by atoms with E-state index in [1.54, 1.807) is 4.31 Å². The molecule has 3 aliphatic heterocycles. The predicted molar refractivity (Wildman–Crippen MR) is 166 cm³/mol. The molecule has 42 heavy (non-hydrogen) atoms. The van der Waals surface area contributed by atoms with Gasteiger partial charge in [-0.25, -0.2) is 8.42 Å². The first-order valence-electron chi connectivity index (χ1n) is 14.8. The summed E-state index contributed by atoms with van der Waals surface area (Å²) in [5.74, 6) is 6.62. The molecule has 2 aromatic carbocycles. The van der Waals surface area contributed by atoms with Crippen LogP contribution < -0.4 is 5.32 Å². The molecule has 0 aliphatic carbocycles. The molecule has 0 spiro atoms. The van der Waals surface area contributed by atoms with Crippen molar-refractivity contribution < 1.29 is 13.2 Å². The molecule has 1 N–H and O–H groups in total. The molecule has 1 saturated heterocycles. The van der Waals surface area contributed by atoms with E-state index in [-0.39, 0.29) is 0 Å². The van der Waals surface area contributed by atoms with Crippen molar-refractivity contribution in [2.24, 2.45) is 0 Å². The molecule has 0 saturated carbocycles. The van der Waals surface area contributed by atoms with Gasteiger partial charge < -0.3 is 10.1 Å². The maximum absolute atomic E-state index is 12.5. The highest BCUT2D eigenvalue weighted by molar-refractivity contribution is 7.88. The molecule has 3 aromatic rings. The molecule has 0 unspecified atom stereocenters. The normalized spacial score (nSPS) is 18.0. The van der Waals surface area contributed by atoms with Crippen LogP contribution in [0, 0.1) is 11.8 Å². The van der Waals surface area contributed by atoms with Gasteiger partial charge in [0.2, 0.25) is 10.0 Å². The first kappa shape index (κ1) is 29.4. The Morgan fingerprint density at radius 3 is 2.60 bits per heavy atom. The average Bonchev–Trinajstić information content (AvgIpc) is 3.18. The third-order valence-electron chi connectivity index (χ3n) is 8.45. The Labute approximate surface area is 254 Å². The zero-order valence-corrected chi connectivity index (χ0v) is 25.7. The van der Waals surface area contributed by atoms with Crippen LogP contribution in [-0.2, 0) is 47.1 Å². The van der Waals surface area contributed by atoms with Crippen molar-refractivity contribution in [3.63, 3.8) is 0 Å². The zero-order valence-electron chi connectivity index (χ0n) is 24.2.